The molecule has 5 heteroatoms. The van der Waals surface area contributed by atoms with Crippen LogP contribution in [0.1, 0.15) is 117 Å². The lowest BCUT2D eigenvalue weighted by atomic mass is 10.0. The van der Waals surface area contributed by atoms with Crippen LogP contribution in [-0.4, -0.2) is 43.3 Å². The van der Waals surface area contributed by atoms with Crippen LogP contribution in [0.2, 0.25) is 0 Å². The third-order valence-corrected chi connectivity index (χ3v) is 5.43. The Balaban J connectivity index is 3.53. The third kappa shape index (κ3) is 16.2. The van der Waals surface area contributed by atoms with Crippen molar-refractivity contribution in [1.29, 1.82) is 0 Å². The van der Waals surface area contributed by atoms with Gasteiger partial charge in [-0.3, -0.25) is 4.90 Å². The van der Waals surface area contributed by atoms with E-state index in [1.54, 1.807) is 14.0 Å². The summed E-state index contributed by atoms with van der Waals surface area (Å²) in [6, 6.07) is -0.619. The molecule has 0 fully saturated rings. The molecule has 0 N–H and O–H groups in total. The monoisotopic (exact) mass is 413 g/mol. The Bertz CT molecular complexity index is 400. The standard InChI is InChI=1S/C24H47NO4/c1-5-7-9-10-11-12-13-14-15-16-17-18-19-21-28-23(26)22(3)25(4)24(27)29-20-8-6-2/h22H,5-21H2,1-4H3. The van der Waals surface area contributed by atoms with E-state index in [1.165, 1.54) is 75.5 Å². The number of likely N-dealkylation sites (N-methyl/N-ethyl adjacent to an activating group) is 1. The number of carbonyl (C=O) groups excluding carboxylic acids is 2. The van der Waals surface area contributed by atoms with E-state index in [2.05, 4.69) is 6.92 Å². The van der Waals surface area contributed by atoms with Crippen LogP contribution >= 0.6 is 0 Å². The van der Waals surface area contributed by atoms with Gasteiger partial charge in [-0.15, -0.1) is 0 Å². The van der Waals surface area contributed by atoms with Gasteiger partial charge in [0.25, 0.3) is 0 Å². The normalized spacial score (nSPS) is 11.9. The molecule has 172 valence electrons. The predicted molar refractivity (Wildman–Crippen MR) is 120 cm³/mol. The summed E-state index contributed by atoms with van der Waals surface area (Å²) in [4.78, 5) is 25.2. The quantitative estimate of drug-likeness (QED) is 0.171. The van der Waals surface area contributed by atoms with Crippen molar-refractivity contribution in [3.8, 4) is 0 Å². The average Bonchev–Trinajstić information content (AvgIpc) is 2.72. The molecule has 0 bridgehead atoms. The van der Waals surface area contributed by atoms with Crippen LogP contribution in [-0.2, 0) is 14.3 Å². The van der Waals surface area contributed by atoms with E-state index in [0.717, 1.165) is 25.7 Å². The molecular formula is C24H47NO4. The number of amides is 1. The number of ether oxygens (including phenoxy) is 2. The fourth-order valence-corrected chi connectivity index (χ4v) is 3.14. The summed E-state index contributed by atoms with van der Waals surface area (Å²) in [7, 11) is 1.57. The van der Waals surface area contributed by atoms with Crippen LogP contribution in [0, 0.1) is 0 Å². The van der Waals surface area contributed by atoms with Crippen LogP contribution in [0.25, 0.3) is 0 Å². The number of hydrogen-bond donors (Lipinski definition) is 0. The van der Waals surface area contributed by atoms with Crippen LogP contribution in [0.5, 0.6) is 0 Å². The first-order valence-electron chi connectivity index (χ1n) is 12.1. The molecule has 1 amide bonds. The lowest BCUT2D eigenvalue weighted by Gasteiger charge is -2.22. The number of rotatable bonds is 19. The fraction of sp³-hybridized carbons (Fsp3) is 0.917. The van der Waals surface area contributed by atoms with E-state index in [-0.39, 0.29) is 5.97 Å². The second kappa shape index (κ2) is 20.0. The van der Waals surface area contributed by atoms with Gasteiger partial charge in [-0.25, -0.2) is 9.59 Å². The van der Waals surface area contributed by atoms with Gasteiger partial charge in [0, 0.05) is 7.05 Å². The highest BCUT2D eigenvalue weighted by atomic mass is 16.6. The minimum absolute atomic E-state index is 0.362. The molecule has 5 nitrogen and oxygen atoms in total. The zero-order chi connectivity index (χ0) is 21.7. The van der Waals surface area contributed by atoms with Gasteiger partial charge < -0.3 is 9.47 Å². The Morgan fingerprint density at radius 3 is 1.55 bits per heavy atom. The van der Waals surface area contributed by atoms with E-state index in [0.29, 0.717) is 13.2 Å². The van der Waals surface area contributed by atoms with E-state index in [1.807, 2.05) is 6.92 Å². The first-order valence-corrected chi connectivity index (χ1v) is 12.1. The highest BCUT2D eigenvalue weighted by Crippen LogP contribution is 2.12. The maximum atomic E-state index is 12.1. The fourth-order valence-electron chi connectivity index (χ4n) is 3.14. The van der Waals surface area contributed by atoms with Crippen molar-refractivity contribution in [2.45, 2.75) is 123 Å². The summed E-state index contributed by atoms with van der Waals surface area (Å²) in [6.45, 7) is 6.79. The van der Waals surface area contributed by atoms with Gasteiger partial charge in [-0.2, -0.15) is 0 Å². The Morgan fingerprint density at radius 1 is 0.655 bits per heavy atom. The van der Waals surface area contributed by atoms with E-state index in [9.17, 15) is 9.59 Å². The van der Waals surface area contributed by atoms with Crippen molar-refractivity contribution in [3.63, 3.8) is 0 Å². The van der Waals surface area contributed by atoms with Gasteiger partial charge in [0.1, 0.15) is 6.04 Å². The average molecular weight is 414 g/mol. The molecule has 0 spiro atoms. The summed E-state index contributed by atoms with van der Waals surface area (Å²) in [5.41, 5.74) is 0. The molecule has 0 saturated heterocycles. The van der Waals surface area contributed by atoms with Gasteiger partial charge in [0.05, 0.1) is 13.2 Å². The van der Waals surface area contributed by atoms with Crippen molar-refractivity contribution < 1.29 is 19.1 Å². The molecule has 0 heterocycles. The molecule has 1 atom stereocenters. The van der Waals surface area contributed by atoms with Gasteiger partial charge in [-0.1, -0.05) is 97.3 Å². The van der Waals surface area contributed by atoms with E-state index < -0.39 is 12.1 Å². The molecule has 0 aromatic rings. The molecule has 0 aromatic heterocycles. The highest BCUT2D eigenvalue weighted by molar-refractivity contribution is 5.80. The van der Waals surface area contributed by atoms with Crippen molar-refractivity contribution >= 4 is 12.1 Å². The molecule has 0 aliphatic rings. The summed E-state index contributed by atoms with van der Waals surface area (Å²) >= 11 is 0. The van der Waals surface area contributed by atoms with Gasteiger partial charge in [-0.05, 0) is 19.8 Å². The molecule has 1 unspecified atom stereocenters. The Morgan fingerprint density at radius 2 is 1.07 bits per heavy atom. The molecule has 0 radical (unpaired) electrons. The van der Waals surface area contributed by atoms with Crippen LogP contribution < -0.4 is 0 Å². The maximum Gasteiger partial charge on any atom is 0.410 e. The number of hydrogen-bond acceptors (Lipinski definition) is 4. The Kier molecular flexibility index (Phi) is 19.2. The largest absolute Gasteiger partial charge is 0.464 e. The lowest BCUT2D eigenvalue weighted by Crippen LogP contribution is -2.41. The highest BCUT2D eigenvalue weighted by Gasteiger charge is 2.24. The Hall–Kier alpha value is -1.26. The van der Waals surface area contributed by atoms with Gasteiger partial charge in [0.2, 0.25) is 0 Å². The number of unbranched alkanes of at least 4 members (excludes halogenated alkanes) is 13. The molecule has 0 aliphatic heterocycles. The lowest BCUT2D eigenvalue weighted by molar-refractivity contribution is -0.148. The van der Waals surface area contributed by atoms with E-state index >= 15 is 0 Å². The minimum atomic E-state index is -0.619. The Labute approximate surface area is 179 Å². The maximum absolute atomic E-state index is 12.1. The molecule has 0 saturated carbocycles. The smallest absolute Gasteiger partial charge is 0.410 e. The van der Waals surface area contributed by atoms with Crippen molar-refractivity contribution in [2.24, 2.45) is 0 Å². The molecular weight excluding hydrogens is 366 g/mol. The van der Waals surface area contributed by atoms with Crippen LogP contribution in [0.3, 0.4) is 0 Å². The topological polar surface area (TPSA) is 55.8 Å². The third-order valence-electron chi connectivity index (χ3n) is 5.43. The number of esters is 1. The second-order valence-electron chi connectivity index (χ2n) is 8.16. The van der Waals surface area contributed by atoms with Crippen LogP contribution in [0.4, 0.5) is 4.79 Å². The van der Waals surface area contributed by atoms with Gasteiger partial charge >= 0.3 is 12.1 Å². The van der Waals surface area contributed by atoms with Crippen molar-refractivity contribution in [1.82, 2.24) is 4.90 Å². The predicted octanol–water partition coefficient (Wildman–Crippen LogP) is 6.88. The summed E-state index contributed by atoms with van der Waals surface area (Å²) in [6.07, 6.45) is 18.1. The summed E-state index contributed by atoms with van der Waals surface area (Å²) < 4.78 is 10.4. The van der Waals surface area contributed by atoms with Crippen molar-refractivity contribution in [3.05, 3.63) is 0 Å². The SMILES string of the molecule is CCCCCCCCCCCCCCCOC(=O)C(C)N(C)C(=O)OCCCC. The number of nitrogens with zero attached hydrogens (tertiary/aromatic N) is 1. The second-order valence-corrected chi connectivity index (χ2v) is 8.16. The molecule has 0 aliphatic carbocycles. The first-order chi connectivity index (χ1) is 14.0. The minimum Gasteiger partial charge on any atom is -0.464 e. The molecule has 0 rings (SSSR count). The van der Waals surface area contributed by atoms with Crippen LogP contribution in [0.15, 0.2) is 0 Å². The van der Waals surface area contributed by atoms with E-state index in [4.69, 9.17) is 9.47 Å². The summed E-state index contributed by atoms with van der Waals surface area (Å²) in [5.74, 6) is -0.362. The molecule has 29 heavy (non-hydrogen) atoms. The first kappa shape index (κ1) is 27.7. The number of carbonyl (C=O) groups is 2. The zero-order valence-corrected chi connectivity index (χ0v) is 19.7. The zero-order valence-electron chi connectivity index (χ0n) is 19.7. The van der Waals surface area contributed by atoms with Gasteiger partial charge in [0.15, 0.2) is 0 Å². The summed E-state index contributed by atoms with van der Waals surface area (Å²) in [5, 5.41) is 0. The van der Waals surface area contributed by atoms with Crippen molar-refractivity contribution in [2.75, 3.05) is 20.3 Å². The molecule has 0 aromatic carbocycles.